The molecule has 1 fully saturated rings. The molecule has 1 atom stereocenters. The van der Waals surface area contributed by atoms with Gasteiger partial charge in [-0.15, -0.1) is 0 Å². The number of nitrogen functional groups attached to an aromatic ring is 1. The number of hydrogen-bond acceptors (Lipinski definition) is 3. The Kier molecular flexibility index (Phi) is 4.30. The number of rotatable bonds is 3. The predicted molar refractivity (Wildman–Crippen MR) is 76.1 cm³/mol. The Balaban J connectivity index is 1.89. The predicted octanol–water partition coefficient (Wildman–Crippen LogP) is 2.21. The lowest BCUT2D eigenvalue weighted by atomic mass is 10.0. The maximum Gasteiger partial charge on any atom is 0.260 e. The lowest BCUT2D eigenvalue weighted by molar-refractivity contribution is -0.135. The number of likely N-dealkylation sites (tertiary alicyclic amines) is 1. The monoisotopic (exact) mass is 262 g/mol. The van der Waals surface area contributed by atoms with Gasteiger partial charge in [0.1, 0.15) is 5.75 Å². The van der Waals surface area contributed by atoms with Crippen LogP contribution in [0.4, 0.5) is 5.69 Å². The second-order valence-electron chi connectivity index (χ2n) is 5.40. The fourth-order valence-corrected chi connectivity index (χ4v) is 2.48. The van der Waals surface area contributed by atoms with Crippen molar-refractivity contribution in [3.8, 4) is 5.75 Å². The molecule has 1 saturated heterocycles. The third-order valence-corrected chi connectivity index (χ3v) is 3.56. The van der Waals surface area contributed by atoms with E-state index in [1.54, 1.807) is 6.07 Å². The van der Waals surface area contributed by atoms with Crippen molar-refractivity contribution in [3.05, 3.63) is 23.8 Å². The van der Waals surface area contributed by atoms with Gasteiger partial charge in [-0.1, -0.05) is 6.92 Å². The van der Waals surface area contributed by atoms with Crippen molar-refractivity contribution in [3.63, 3.8) is 0 Å². The highest BCUT2D eigenvalue weighted by Crippen LogP contribution is 2.21. The van der Waals surface area contributed by atoms with Crippen LogP contribution in [0.1, 0.15) is 25.3 Å². The van der Waals surface area contributed by atoms with E-state index in [4.69, 9.17) is 10.5 Å². The minimum absolute atomic E-state index is 0.0720. The first kappa shape index (κ1) is 13.7. The first-order chi connectivity index (χ1) is 9.06. The van der Waals surface area contributed by atoms with E-state index in [9.17, 15) is 4.79 Å². The molecule has 1 aromatic rings. The van der Waals surface area contributed by atoms with E-state index in [1.807, 2.05) is 24.0 Å². The van der Waals surface area contributed by atoms with Crippen molar-refractivity contribution in [1.29, 1.82) is 0 Å². The van der Waals surface area contributed by atoms with E-state index in [1.165, 1.54) is 6.42 Å². The third kappa shape index (κ3) is 3.63. The maximum absolute atomic E-state index is 12.1. The number of anilines is 1. The molecule has 104 valence electrons. The van der Waals surface area contributed by atoms with E-state index in [0.29, 0.717) is 11.6 Å². The van der Waals surface area contributed by atoms with Crippen molar-refractivity contribution in [2.24, 2.45) is 5.92 Å². The Labute approximate surface area is 114 Å². The highest BCUT2D eigenvalue weighted by molar-refractivity contribution is 5.78. The number of benzene rings is 1. The minimum atomic E-state index is 0.0720. The van der Waals surface area contributed by atoms with Gasteiger partial charge < -0.3 is 15.4 Å². The molecule has 0 aromatic heterocycles. The highest BCUT2D eigenvalue weighted by Gasteiger charge is 2.21. The molecule has 0 bridgehead atoms. The number of amides is 1. The largest absolute Gasteiger partial charge is 0.483 e. The molecule has 4 nitrogen and oxygen atoms in total. The van der Waals surface area contributed by atoms with Gasteiger partial charge in [0.05, 0.1) is 0 Å². The normalized spacial score (nSPS) is 19.3. The number of hydrogen-bond donors (Lipinski definition) is 1. The molecule has 0 saturated carbocycles. The Bertz CT molecular complexity index is 459. The van der Waals surface area contributed by atoms with Crippen molar-refractivity contribution in [2.45, 2.75) is 26.7 Å². The number of carbonyl (C=O) groups is 1. The Hall–Kier alpha value is -1.71. The summed E-state index contributed by atoms with van der Waals surface area (Å²) >= 11 is 0. The van der Waals surface area contributed by atoms with Crippen LogP contribution in [-0.2, 0) is 4.79 Å². The minimum Gasteiger partial charge on any atom is -0.483 e. The number of piperidine rings is 1. The second-order valence-corrected chi connectivity index (χ2v) is 5.40. The molecule has 1 aliphatic rings. The molecular formula is C15H22N2O2. The number of nitrogens with zero attached hydrogens (tertiary/aromatic N) is 1. The van der Waals surface area contributed by atoms with E-state index < -0.39 is 0 Å². The van der Waals surface area contributed by atoms with Crippen LogP contribution in [0.5, 0.6) is 5.75 Å². The molecule has 1 unspecified atom stereocenters. The van der Waals surface area contributed by atoms with E-state index in [-0.39, 0.29) is 12.5 Å². The molecule has 0 radical (unpaired) electrons. The molecule has 4 heteroatoms. The van der Waals surface area contributed by atoms with Gasteiger partial charge in [-0.3, -0.25) is 4.79 Å². The lowest BCUT2D eigenvalue weighted by Gasteiger charge is -2.30. The first-order valence-electron chi connectivity index (χ1n) is 6.83. The zero-order valence-electron chi connectivity index (χ0n) is 11.7. The Morgan fingerprint density at radius 1 is 1.53 bits per heavy atom. The van der Waals surface area contributed by atoms with Crippen LogP contribution in [-0.4, -0.2) is 30.5 Å². The van der Waals surface area contributed by atoms with Crippen LogP contribution < -0.4 is 10.5 Å². The van der Waals surface area contributed by atoms with Gasteiger partial charge >= 0.3 is 0 Å². The quantitative estimate of drug-likeness (QED) is 0.850. The molecule has 1 heterocycles. The second kappa shape index (κ2) is 5.95. The highest BCUT2D eigenvalue weighted by atomic mass is 16.5. The van der Waals surface area contributed by atoms with Gasteiger partial charge in [-0.05, 0) is 49.4 Å². The fraction of sp³-hybridized carbons (Fsp3) is 0.533. The van der Waals surface area contributed by atoms with Gasteiger partial charge in [-0.25, -0.2) is 0 Å². The third-order valence-electron chi connectivity index (χ3n) is 3.56. The lowest BCUT2D eigenvalue weighted by Crippen LogP contribution is -2.41. The van der Waals surface area contributed by atoms with Crippen LogP contribution in [0.2, 0.25) is 0 Å². The Morgan fingerprint density at radius 3 is 3.00 bits per heavy atom. The van der Waals surface area contributed by atoms with Gasteiger partial charge in [0, 0.05) is 18.8 Å². The molecule has 1 amide bonds. The summed E-state index contributed by atoms with van der Waals surface area (Å²) in [6, 6.07) is 5.45. The summed E-state index contributed by atoms with van der Waals surface area (Å²) in [6.07, 6.45) is 2.30. The van der Waals surface area contributed by atoms with Crippen molar-refractivity contribution in [1.82, 2.24) is 4.90 Å². The molecular weight excluding hydrogens is 240 g/mol. The summed E-state index contributed by atoms with van der Waals surface area (Å²) in [5.74, 6) is 1.39. The molecule has 1 aliphatic heterocycles. The van der Waals surface area contributed by atoms with E-state index in [2.05, 4.69) is 6.92 Å². The summed E-state index contributed by atoms with van der Waals surface area (Å²) in [4.78, 5) is 14.0. The smallest absolute Gasteiger partial charge is 0.260 e. The van der Waals surface area contributed by atoms with Crippen LogP contribution in [0.3, 0.4) is 0 Å². The van der Waals surface area contributed by atoms with Gasteiger partial charge in [0.2, 0.25) is 0 Å². The first-order valence-corrected chi connectivity index (χ1v) is 6.83. The summed E-state index contributed by atoms with van der Waals surface area (Å²) in [5, 5.41) is 0. The van der Waals surface area contributed by atoms with Crippen molar-refractivity contribution >= 4 is 11.6 Å². The summed E-state index contributed by atoms with van der Waals surface area (Å²) in [6.45, 7) is 5.93. The van der Waals surface area contributed by atoms with Gasteiger partial charge in [0.25, 0.3) is 5.91 Å². The summed E-state index contributed by atoms with van der Waals surface area (Å²) < 4.78 is 5.60. The Morgan fingerprint density at radius 2 is 2.32 bits per heavy atom. The van der Waals surface area contributed by atoms with Crippen LogP contribution in [0, 0.1) is 12.8 Å². The average Bonchev–Trinajstić information content (AvgIpc) is 2.37. The van der Waals surface area contributed by atoms with Crippen LogP contribution in [0.25, 0.3) is 0 Å². The molecule has 19 heavy (non-hydrogen) atoms. The molecule has 2 rings (SSSR count). The molecule has 0 spiro atoms. The topological polar surface area (TPSA) is 55.6 Å². The van der Waals surface area contributed by atoms with Crippen molar-refractivity contribution in [2.75, 3.05) is 25.4 Å². The van der Waals surface area contributed by atoms with Gasteiger partial charge in [-0.2, -0.15) is 0 Å². The van der Waals surface area contributed by atoms with Crippen LogP contribution >= 0.6 is 0 Å². The summed E-state index contributed by atoms with van der Waals surface area (Å²) in [5.41, 5.74) is 7.35. The molecule has 1 aromatic carbocycles. The van der Waals surface area contributed by atoms with Crippen molar-refractivity contribution < 1.29 is 9.53 Å². The average molecular weight is 262 g/mol. The van der Waals surface area contributed by atoms with E-state index >= 15 is 0 Å². The standard InChI is InChI=1S/C15H22N2O2/c1-11-4-3-7-17(9-11)15(18)10-19-14-6-5-13(16)8-12(14)2/h5-6,8,11H,3-4,7,9-10,16H2,1-2H3. The number of aryl methyl sites for hydroxylation is 1. The number of ether oxygens (including phenoxy) is 1. The number of nitrogens with two attached hydrogens (primary N) is 1. The molecule has 2 N–H and O–H groups in total. The van der Waals surface area contributed by atoms with Crippen LogP contribution in [0.15, 0.2) is 18.2 Å². The van der Waals surface area contributed by atoms with E-state index in [0.717, 1.165) is 30.8 Å². The maximum atomic E-state index is 12.1. The SMILES string of the molecule is Cc1cc(N)ccc1OCC(=O)N1CCCC(C)C1. The summed E-state index contributed by atoms with van der Waals surface area (Å²) in [7, 11) is 0. The zero-order valence-corrected chi connectivity index (χ0v) is 11.7. The molecule has 0 aliphatic carbocycles. The zero-order chi connectivity index (χ0) is 13.8. The number of carbonyl (C=O) groups excluding carboxylic acids is 1. The fourth-order valence-electron chi connectivity index (χ4n) is 2.48. The van der Waals surface area contributed by atoms with Gasteiger partial charge in [0.15, 0.2) is 6.61 Å².